The first-order chi connectivity index (χ1) is 12.0. The second kappa shape index (κ2) is 7.38. The van der Waals surface area contributed by atoms with Gasteiger partial charge in [-0.3, -0.25) is 9.59 Å². The summed E-state index contributed by atoms with van der Waals surface area (Å²) < 4.78 is 7.41. The Kier molecular flexibility index (Phi) is 5.02. The van der Waals surface area contributed by atoms with Crippen LogP contribution in [-0.2, 0) is 9.59 Å². The Balaban J connectivity index is 1.57. The number of para-hydroxylation sites is 1. The van der Waals surface area contributed by atoms with Crippen LogP contribution in [0.4, 0.5) is 0 Å². The molecule has 0 unspecified atom stereocenters. The van der Waals surface area contributed by atoms with E-state index in [9.17, 15) is 9.59 Å². The molecule has 0 bridgehead atoms. The van der Waals surface area contributed by atoms with E-state index in [4.69, 9.17) is 4.74 Å². The normalized spacial score (nSPS) is 15.8. The van der Waals surface area contributed by atoms with Crippen molar-refractivity contribution in [1.82, 2.24) is 19.6 Å². The van der Waals surface area contributed by atoms with Crippen molar-refractivity contribution in [3.05, 3.63) is 42.6 Å². The van der Waals surface area contributed by atoms with E-state index in [2.05, 4.69) is 5.10 Å². The van der Waals surface area contributed by atoms with Gasteiger partial charge in [0.1, 0.15) is 0 Å². The Morgan fingerprint density at radius 1 is 1.04 bits per heavy atom. The largest absolute Gasteiger partial charge is 0.463 e. The van der Waals surface area contributed by atoms with E-state index in [1.54, 1.807) is 40.6 Å². The van der Waals surface area contributed by atoms with Crippen molar-refractivity contribution >= 4 is 11.8 Å². The zero-order chi connectivity index (χ0) is 17.8. The van der Waals surface area contributed by atoms with E-state index in [1.165, 1.54) is 0 Å². The van der Waals surface area contributed by atoms with Crippen LogP contribution < -0.4 is 4.74 Å². The van der Waals surface area contributed by atoms with Crippen LogP contribution in [0.2, 0.25) is 0 Å². The van der Waals surface area contributed by atoms with Gasteiger partial charge in [-0.05, 0) is 19.1 Å². The minimum atomic E-state index is -0.622. The predicted molar refractivity (Wildman–Crippen MR) is 92.5 cm³/mol. The lowest BCUT2D eigenvalue weighted by atomic mass is 10.2. The van der Waals surface area contributed by atoms with Gasteiger partial charge >= 0.3 is 0 Å². The van der Waals surface area contributed by atoms with Gasteiger partial charge in [0.15, 0.2) is 6.10 Å². The maximum atomic E-state index is 12.5. The van der Waals surface area contributed by atoms with Crippen molar-refractivity contribution in [3.8, 4) is 11.6 Å². The van der Waals surface area contributed by atoms with Crippen LogP contribution >= 0.6 is 0 Å². The van der Waals surface area contributed by atoms with Crippen LogP contribution in [-0.4, -0.2) is 63.7 Å². The zero-order valence-electron chi connectivity index (χ0n) is 14.5. The van der Waals surface area contributed by atoms with Crippen molar-refractivity contribution in [2.24, 2.45) is 0 Å². The molecule has 1 fully saturated rings. The van der Waals surface area contributed by atoms with E-state index in [0.29, 0.717) is 32.1 Å². The Hall–Kier alpha value is -2.83. The van der Waals surface area contributed by atoms with Gasteiger partial charge in [-0.25, -0.2) is 4.68 Å². The Morgan fingerprint density at radius 2 is 1.68 bits per heavy atom. The molecule has 2 amide bonds. The molecular formula is C18H22N4O3. The van der Waals surface area contributed by atoms with E-state index < -0.39 is 6.10 Å². The number of nitrogens with zero attached hydrogens (tertiary/aromatic N) is 4. The first-order valence-electron chi connectivity index (χ1n) is 8.36. The molecule has 0 aliphatic carbocycles. The minimum absolute atomic E-state index is 0.0443. The Bertz CT molecular complexity index is 736. The number of piperazine rings is 1. The molecule has 1 atom stereocenters. The van der Waals surface area contributed by atoms with Crippen LogP contribution in [0.25, 0.3) is 5.69 Å². The van der Waals surface area contributed by atoms with Crippen molar-refractivity contribution in [2.75, 3.05) is 26.2 Å². The summed E-state index contributed by atoms with van der Waals surface area (Å²) in [7, 11) is 0. The molecule has 2 aromatic rings. The second-order valence-electron chi connectivity index (χ2n) is 6.03. The van der Waals surface area contributed by atoms with E-state index >= 15 is 0 Å². The highest BCUT2D eigenvalue weighted by atomic mass is 16.5. The van der Waals surface area contributed by atoms with Crippen molar-refractivity contribution in [2.45, 2.75) is 20.0 Å². The van der Waals surface area contributed by atoms with Crippen molar-refractivity contribution < 1.29 is 14.3 Å². The zero-order valence-corrected chi connectivity index (χ0v) is 14.5. The molecule has 1 aromatic carbocycles. The summed E-state index contributed by atoms with van der Waals surface area (Å²) in [6, 6.07) is 11.4. The van der Waals surface area contributed by atoms with Gasteiger partial charge in [-0.15, -0.1) is 5.10 Å². The summed E-state index contributed by atoms with van der Waals surface area (Å²) in [4.78, 5) is 27.4. The maximum Gasteiger partial charge on any atom is 0.263 e. The standard InChI is InChI=1S/C18H22N4O3/c1-14(18(24)21-12-10-20(11-13-21)15(2)23)25-17-8-9-22(19-17)16-6-4-3-5-7-16/h3-9,14H,10-13H2,1-2H3/t14-/m1/s1. The van der Waals surface area contributed by atoms with Gasteiger partial charge < -0.3 is 14.5 Å². The smallest absolute Gasteiger partial charge is 0.263 e. The molecule has 1 aliphatic heterocycles. The third-order valence-electron chi connectivity index (χ3n) is 4.27. The number of amides is 2. The van der Waals surface area contributed by atoms with E-state index in [0.717, 1.165) is 5.69 Å². The number of hydrogen-bond acceptors (Lipinski definition) is 4. The van der Waals surface area contributed by atoms with Crippen LogP contribution in [0.15, 0.2) is 42.6 Å². The van der Waals surface area contributed by atoms with Gasteiger partial charge in [0.2, 0.25) is 11.8 Å². The van der Waals surface area contributed by atoms with Gasteiger partial charge in [0.25, 0.3) is 5.91 Å². The summed E-state index contributed by atoms with van der Waals surface area (Å²) in [6.45, 7) is 5.47. The SMILES string of the molecule is CC(=O)N1CCN(C(=O)[C@@H](C)Oc2ccn(-c3ccccc3)n2)CC1. The average Bonchev–Trinajstić information content (AvgIpc) is 3.10. The summed E-state index contributed by atoms with van der Waals surface area (Å²) in [5.41, 5.74) is 0.927. The lowest BCUT2D eigenvalue weighted by Gasteiger charge is -2.35. The predicted octanol–water partition coefficient (Wildman–Crippen LogP) is 1.33. The highest BCUT2D eigenvalue weighted by Crippen LogP contribution is 2.14. The molecule has 7 heteroatoms. The molecule has 7 nitrogen and oxygen atoms in total. The first-order valence-corrected chi connectivity index (χ1v) is 8.36. The van der Waals surface area contributed by atoms with Crippen LogP contribution in [0, 0.1) is 0 Å². The molecule has 1 aromatic heterocycles. The molecule has 132 valence electrons. The summed E-state index contributed by atoms with van der Waals surface area (Å²) in [5.74, 6) is 0.368. The molecule has 1 aliphatic rings. The fourth-order valence-electron chi connectivity index (χ4n) is 2.82. The topological polar surface area (TPSA) is 67.7 Å². The van der Waals surface area contributed by atoms with Gasteiger partial charge in [0, 0.05) is 45.4 Å². The highest BCUT2D eigenvalue weighted by Gasteiger charge is 2.27. The molecule has 25 heavy (non-hydrogen) atoms. The number of carbonyl (C=O) groups excluding carboxylic acids is 2. The minimum Gasteiger partial charge on any atom is -0.463 e. The third kappa shape index (κ3) is 3.99. The molecule has 3 rings (SSSR count). The molecule has 0 spiro atoms. The Morgan fingerprint density at radius 3 is 2.32 bits per heavy atom. The van der Waals surface area contributed by atoms with Gasteiger partial charge in [-0.1, -0.05) is 18.2 Å². The second-order valence-corrected chi connectivity index (χ2v) is 6.03. The molecule has 0 saturated carbocycles. The molecule has 2 heterocycles. The average molecular weight is 342 g/mol. The lowest BCUT2D eigenvalue weighted by molar-refractivity contribution is -0.143. The van der Waals surface area contributed by atoms with Crippen molar-refractivity contribution in [3.63, 3.8) is 0 Å². The van der Waals surface area contributed by atoms with Gasteiger partial charge in [-0.2, -0.15) is 0 Å². The number of hydrogen-bond donors (Lipinski definition) is 0. The van der Waals surface area contributed by atoms with Crippen LogP contribution in [0.3, 0.4) is 0 Å². The van der Waals surface area contributed by atoms with Gasteiger partial charge in [0.05, 0.1) is 5.69 Å². The fourth-order valence-corrected chi connectivity index (χ4v) is 2.82. The summed E-state index contributed by atoms with van der Waals surface area (Å²) in [5, 5.41) is 4.35. The summed E-state index contributed by atoms with van der Waals surface area (Å²) >= 11 is 0. The fraction of sp³-hybridized carbons (Fsp3) is 0.389. The van der Waals surface area contributed by atoms with E-state index in [1.807, 2.05) is 30.3 Å². The number of rotatable bonds is 4. The summed E-state index contributed by atoms with van der Waals surface area (Å²) in [6.07, 6.45) is 1.18. The Labute approximate surface area is 146 Å². The molecule has 1 saturated heterocycles. The van der Waals surface area contributed by atoms with E-state index in [-0.39, 0.29) is 11.8 Å². The third-order valence-corrected chi connectivity index (χ3v) is 4.27. The number of ether oxygens (including phenoxy) is 1. The first kappa shape index (κ1) is 17.0. The molecule has 0 N–H and O–H groups in total. The number of aromatic nitrogens is 2. The molecular weight excluding hydrogens is 320 g/mol. The number of benzene rings is 1. The highest BCUT2D eigenvalue weighted by molar-refractivity contribution is 5.81. The monoisotopic (exact) mass is 342 g/mol. The van der Waals surface area contributed by atoms with Crippen LogP contribution in [0.1, 0.15) is 13.8 Å². The van der Waals surface area contributed by atoms with Crippen LogP contribution in [0.5, 0.6) is 5.88 Å². The quantitative estimate of drug-likeness (QED) is 0.841. The maximum absolute atomic E-state index is 12.5. The lowest BCUT2D eigenvalue weighted by Crippen LogP contribution is -2.52. The number of carbonyl (C=O) groups is 2. The molecule has 0 radical (unpaired) electrons. The van der Waals surface area contributed by atoms with Crippen molar-refractivity contribution in [1.29, 1.82) is 0 Å².